The van der Waals surface area contributed by atoms with Gasteiger partial charge in [0.05, 0.1) is 6.10 Å². The first-order valence-corrected chi connectivity index (χ1v) is 5.94. The molecule has 0 bridgehead atoms. The van der Waals surface area contributed by atoms with Gasteiger partial charge < -0.3 is 15.2 Å². The van der Waals surface area contributed by atoms with Crippen molar-refractivity contribution in [2.45, 2.75) is 26.1 Å². The third kappa shape index (κ3) is 5.48. The summed E-state index contributed by atoms with van der Waals surface area (Å²) in [5.74, 6) is -0.595. The predicted molar refractivity (Wildman–Crippen MR) is 66.4 cm³/mol. The lowest BCUT2D eigenvalue weighted by Gasteiger charge is -2.14. The molecular weight excluding hydrogens is 275 g/mol. The van der Waals surface area contributed by atoms with E-state index in [4.69, 9.17) is 4.74 Å². The van der Waals surface area contributed by atoms with Crippen LogP contribution in [0.15, 0.2) is 18.2 Å². The van der Waals surface area contributed by atoms with E-state index < -0.39 is 31.3 Å². The average Bonchev–Trinajstić information content (AvgIpc) is 2.32. The SMILES string of the molecule is Cc1ccc([C@@H](C)O)c(OCC(=O)NCC(F)(F)F)c1. The van der Waals surface area contributed by atoms with Crippen molar-refractivity contribution >= 4 is 5.91 Å². The van der Waals surface area contributed by atoms with Gasteiger partial charge in [0.2, 0.25) is 0 Å². The molecule has 1 aromatic rings. The molecule has 4 nitrogen and oxygen atoms in total. The van der Waals surface area contributed by atoms with Crippen LogP contribution in [0.5, 0.6) is 5.75 Å². The number of ether oxygens (including phenoxy) is 1. The molecule has 7 heteroatoms. The number of hydrogen-bond acceptors (Lipinski definition) is 3. The number of hydrogen-bond donors (Lipinski definition) is 2. The molecule has 0 aliphatic carbocycles. The summed E-state index contributed by atoms with van der Waals surface area (Å²) in [6.07, 6.45) is -5.26. The summed E-state index contributed by atoms with van der Waals surface area (Å²) in [7, 11) is 0. The molecule has 1 rings (SSSR count). The largest absolute Gasteiger partial charge is 0.483 e. The molecule has 20 heavy (non-hydrogen) atoms. The van der Waals surface area contributed by atoms with Crippen LogP contribution in [-0.4, -0.2) is 30.3 Å². The summed E-state index contributed by atoms with van der Waals surface area (Å²) in [5, 5.41) is 11.2. The number of carbonyl (C=O) groups is 1. The molecule has 0 saturated carbocycles. The molecular formula is C13H16F3NO3. The molecule has 1 aromatic carbocycles. The van der Waals surface area contributed by atoms with Crippen molar-refractivity contribution in [3.05, 3.63) is 29.3 Å². The van der Waals surface area contributed by atoms with Crippen molar-refractivity contribution in [1.82, 2.24) is 5.32 Å². The quantitative estimate of drug-likeness (QED) is 0.873. The standard InChI is InChI=1S/C13H16F3NO3/c1-8-3-4-10(9(2)18)11(5-8)20-6-12(19)17-7-13(14,15)16/h3-5,9,18H,6-7H2,1-2H3,(H,17,19)/t9-/m1/s1. The van der Waals surface area contributed by atoms with Crippen LogP contribution in [0.2, 0.25) is 0 Å². The lowest BCUT2D eigenvalue weighted by atomic mass is 10.1. The van der Waals surface area contributed by atoms with Crippen LogP contribution in [0.4, 0.5) is 13.2 Å². The highest BCUT2D eigenvalue weighted by Gasteiger charge is 2.27. The van der Waals surface area contributed by atoms with E-state index in [2.05, 4.69) is 0 Å². The van der Waals surface area contributed by atoms with Crippen LogP contribution in [0, 0.1) is 6.92 Å². The van der Waals surface area contributed by atoms with Crippen molar-refractivity contribution in [2.75, 3.05) is 13.2 Å². The number of rotatable bonds is 5. The highest BCUT2D eigenvalue weighted by molar-refractivity contribution is 5.77. The maximum absolute atomic E-state index is 11.9. The van der Waals surface area contributed by atoms with E-state index >= 15 is 0 Å². The second-order valence-corrected chi connectivity index (χ2v) is 4.40. The van der Waals surface area contributed by atoms with Crippen LogP contribution in [-0.2, 0) is 4.79 Å². The Labute approximate surface area is 114 Å². The number of carbonyl (C=O) groups excluding carboxylic acids is 1. The van der Waals surface area contributed by atoms with E-state index in [-0.39, 0.29) is 5.75 Å². The fourth-order valence-electron chi connectivity index (χ4n) is 1.50. The molecule has 2 N–H and O–H groups in total. The Kier molecular flexibility index (Phi) is 5.38. The highest BCUT2D eigenvalue weighted by Crippen LogP contribution is 2.26. The van der Waals surface area contributed by atoms with E-state index in [1.165, 1.54) is 6.92 Å². The normalized spacial score (nSPS) is 12.9. The number of alkyl halides is 3. The van der Waals surface area contributed by atoms with Crippen LogP contribution in [0.1, 0.15) is 24.2 Å². The van der Waals surface area contributed by atoms with E-state index in [0.29, 0.717) is 5.56 Å². The summed E-state index contributed by atoms with van der Waals surface area (Å²) >= 11 is 0. The highest BCUT2D eigenvalue weighted by atomic mass is 19.4. The zero-order valence-electron chi connectivity index (χ0n) is 11.1. The average molecular weight is 291 g/mol. The molecule has 0 aliphatic rings. The van der Waals surface area contributed by atoms with Crippen molar-refractivity contribution in [1.29, 1.82) is 0 Å². The van der Waals surface area contributed by atoms with Gasteiger partial charge in [-0.1, -0.05) is 12.1 Å². The second kappa shape index (κ2) is 6.60. The molecule has 1 amide bonds. The number of halogens is 3. The summed E-state index contributed by atoms with van der Waals surface area (Å²) in [6, 6.07) is 5.01. The van der Waals surface area contributed by atoms with Crippen molar-refractivity contribution in [3.8, 4) is 5.75 Å². The molecule has 0 fully saturated rings. The third-order valence-corrected chi connectivity index (χ3v) is 2.46. The van der Waals surface area contributed by atoms with Crippen LogP contribution >= 0.6 is 0 Å². The Morgan fingerprint density at radius 1 is 1.45 bits per heavy atom. The first-order chi connectivity index (χ1) is 9.19. The summed E-state index contributed by atoms with van der Waals surface area (Å²) in [6.45, 7) is 1.38. The number of nitrogens with one attached hydrogen (secondary N) is 1. The molecule has 0 saturated heterocycles. The zero-order valence-corrected chi connectivity index (χ0v) is 11.1. The number of amides is 1. The molecule has 112 valence electrons. The van der Waals surface area contributed by atoms with E-state index in [1.54, 1.807) is 30.4 Å². The number of aliphatic hydroxyl groups is 1. The molecule has 0 unspecified atom stereocenters. The van der Waals surface area contributed by atoms with Crippen molar-refractivity contribution < 1.29 is 27.8 Å². The van der Waals surface area contributed by atoms with Gasteiger partial charge in [-0.15, -0.1) is 0 Å². The van der Waals surface area contributed by atoms with Gasteiger partial charge in [0.15, 0.2) is 6.61 Å². The monoisotopic (exact) mass is 291 g/mol. The zero-order chi connectivity index (χ0) is 15.3. The van der Waals surface area contributed by atoms with Crippen LogP contribution in [0.3, 0.4) is 0 Å². The van der Waals surface area contributed by atoms with Gasteiger partial charge in [-0.25, -0.2) is 0 Å². The fourth-order valence-corrected chi connectivity index (χ4v) is 1.50. The van der Waals surface area contributed by atoms with Crippen molar-refractivity contribution in [3.63, 3.8) is 0 Å². The number of aliphatic hydroxyl groups excluding tert-OH is 1. The van der Waals surface area contributed by atoms with Gasteiger partial charge in [0, 0.05) is 5.56 Å². The smallest absolute Gasteiger partial charge is 0.405 e. The molecule has 0 aromatic heterocycles. The second-order valence-electron chi connectivity index (χ2n) is 4.40. The maximum atomic E-state index is 11.9. The lowest BCUT2D eigenvalue weighted by molar-refractivity contribution is -0.139. The van der Waals surface area contributed by atoms with Crippen LogP contribution < -0.4 is 10.1 Å². The number of benzene rings is 1. The summed E-state index contributed by atoms with van der Waals surface area (Å²) < 4.78 is 40.9. The summed E-state index contributed by atoms with van der Waals surface area (Å²) in [5.41, 5.74) is 1.32. The lowest BCUT2D eigenvalue weighted by Crippen LogP contribution is -2.36. The summed E-state index contributed by atoms with van der Waals surface area (Å²) in [4.78, 5) is 11.2. The van der Waals surface area contributed by atoms with E-state index in [9.17, 15) is 23.1 Å². The van der Waals surface area contributed by atoms with E-state index in [1.807, 2.05) is 0 Å². The van der Waals surface area contributed by atoms with Gasteiger partial charge in [-0.3, -0.25) is 4.79 Å². The molecule has 0 heterocycles. The van der Waals surface area contributed by atoms with Gasteiger partial charge in [-0.2, -0.15) is 13.2 Å². The Hall–Kier alpha value is -1.76. The Bertz CT molecular complexity index is 472. The molecule has 1 atom stereocenters. The van der Waals surface area contributed by atoms with Gasteiger partial charge in [-0.05, 0) is 25.5 Å². The van der Waals surface area contributed by atoms with Crippen LogP contribution in [0.25, 0.3) is 0 Å². The minimum atomic E-state index is -4.45. The van der Waals surface area contributed by atoms with Crippen molar-refractivity contribution in [2.24, 2.45) is 0 Å². The predicted octanol–water partition coefficient (Wildman–Crippen LogP) is 2.11. The number of aryl methyl sites for hydroxylation is 1. The maximum Gasteiger partial charge on any atom is 0.405 e. The third-order valence-electron chi connectivity index (χ3n) is 2.46. The Morgan fingerprint density at radius 3 is 2.65 bits per heavy atom. The van der Waals surface area contributed by atoms with E-state index in [0.717, 1.165) is 5.56 Å². The molecule has 0 spiro atoms. The topological polar surface area (TPSA) is 58.6 Å². The Morgan fingerprint density at radius 2 is 2.10 bits per heavy atom. The minimum absolute atomic E-state index is 0.280. The first-order valence-electron chi connectivity index (χ1n) is 5.94. The van der Waals surface area contributed by atoms with Gasteiger partial charge in [0.25, 0.3) is 5.91 Å². The van der Waals surface area contributed by atoms with Gasteiger partial charge in [0.1, 0.15) is 12.3 Å². The fraction of sp³-hybridized carbons (Fsp3) is 0.462. The van der Waals surface area contributed by atoms with Gasteiger partial charge >= 0.3 is 6.18 Å². The molecule has 0 radical (unpaired) electrons. The Balaban J connectivity index is 2.61. The first kappa shape index (κ1) is 16.3. The minimum Gasteiger partial charge on any atom is -0.483 e. The molecule has 0 aliphatic heterocycles.